The summed E-state index contributed by atoms with van der Waals surface area (Å²) >= 11 is 0. The molecule has 0 aliphatic heterocycles. The Bertz CT molecular complexity index is 1800. The highest BCUT2D eigenvalue weighted by Crippen LogP contribution is 2.46. The van der Waals surface area contributed by atoms with Crippen LogP contribution in [0, 0.1) is 0 Å². The zero-order valence-corrected chi connectivity index (χ0v) is 22.9. The van der Waals surface area contributed by atoms with E-state index in [0.29, 0.717) is 48.5 Å². The second-order valence-electron chi connectivity index (χ2n) is 9.25. The fourth-order valence-electron chi connectivity index (χ4n) is 4.37. The van der Waals surface area contributed by atoms with Gasteiger partial charge < -0.3 is 20.4 Å². The first-order valence-electron chi connectivity index (χ1n) is 11.8. The average Bonchev–Trinajstić information content (AvgIpc) is 3.30. The normalized spacial score (nSPS) is 13.8. The van der Waals surface area contributed by atoms with Crippen molar-refractivity contribution in [3.05, 3.63) is 81.9 Å². The van der Waals surface area contributed by atoms with Crippen molar-refractivity contribution in [2.24, 2.45) is 0 Å². The highest BCUT2D eigenvalue weighted by atomic mass is 32.2. The van der Waals surface area contributed by atoms with Crippen molar-refractivity contribution >= 4 is 20.2 Å². The molecule has 1 aliphatic carbocycles. The van der Waals surface area contributed by atoms with Crippen molar-refractivity contribution in [1.82, 2.24) is 9.46 Å². The molecule has 0 atom stereocenters. The van der Waals surface area contributed by atoms with Gasteiger partial charge in [-0.3, -0.25) is 8.57 Å². The Kier molecular flexibility index (Phi) is 6.92. The van der Waals surface area contributed by atoms with E-state index in [1.54, 1.807) is 0 Å². The summed E-state index contributed by atoms with van der Waals surface area (Å²) in [7, 11) is -9.86. The minimum Gasteiger partial charge on any atom is -0.492 e. The molecule has 4 aromatic rings. The summed E-state index contributed by atoms with van der Waals surface area (Å²) in [4.78, 5) is -1.54. The van der Waals surface area contributed by atoms with Gasteiger partial charge >= 0.3 is 32.6 Å². The third kappa shape index (κ3) is 5.19. The molecule has 0 bridgehead atoms. The minimum absolute atomic E-state index is 0.0528. The molecule has 2 aromatic carbocycles. The van der Waals surface area contributed by atoms with Crippen LogP contribution in [-0.2, 0) is 45.4 Å². The number of aromatic nitrogens is 2. The summed E-state index contributed by atoms with van der Waals surface area (Å²) in [6, 6.07) is 4.19. The zero-order valence-electron chi connectivity index (χ0n) is 21.3. The lowest BCUT2D eigenvalue weighted by molar-refractivity contribution is -0.138. The van der Waals surface area contributed by atoms with E-state index in [1.807, 2.05) is 0 Å². The summed E-state index contributed by atoms with van der Waals surface area (Å²) in [5.74, 6) is -4.10. The van der Waals surface area contributed by atoms with Crippen molar-refractivity contribution in [2.75, 3.05) is 0 Å². The molecule has 4 N–H and O–H groups in total. The van der Waals surface area contributed by atoms with Crippen LogP contribution in [-0.4, -0.2) is 46.7 Å². The zero-order chi connectivity index (χ0) is 32.6. The number of hydrogen-bond acceptors (Lipinski definition) is 10. The van der Waals surface area contributed by atoms with Gasteiger partial charge in [0.15, 0.2) is 0 Å². The molecule has 20 heteroatoms. The van der Waals surface area contributed by atoms with Crippen molar-refractivity contribution < 1.29 is 72.2 Å². The lowest BCUT2D eigenvalue weighted by Crippen LogP contribution is -2.20. The standard InChI is InChI=1S/C24H16F6N2O10S2/c25-23(26,27)11-1-5-13(6-2-11)43(37,38)41-31-19(33)15-9-17-18(10-16(15)20(31)34)22(36)32(21(17)35)42-44(39,40)14-7-3-12(4-8-14)24(28,29)30/h1-8,33-36H,9-10H2. The molecule has 5 rings (SSSR count). The monoisotopic (exact) mass is 670 g/mol. The first-order valence-corrected chi connectivity index (χ1v) is 14.6. The largest absolute Gasteiger partial charge is 0.492 e. The topological polar surface area (TPSA) is 178 Å². The molecule has 236 valence electrons. The SMILES string of the molecule is O=S(=O)(On1c(O)c2c(c1O)Cc1c(c(O)n(OS(=O)(=O)c3ccc(C(F)(F)F)cc3)c1O)C2)c1ccc(C(F)(F)F)cc1. The van der Waals surface area contributed by atoms with Crippen molar-refractivity contribution in [1.29, 1.82) is 0 Å². The Morgan fingerprint density at radius 1 is 0.523 bits per heavy atom. The van der Waals surface area contributed by atoms with Crippen molar-refractivity contribution in [2.45, 2.75) is 35.0 Å². The molecule has 44 heavy (non-hydrogen) atoms. The number of nitrogens with zero attached hydrogens (tertiary/aromatic N) is 2. The molecule has 0 saturated heterocycles. The van der Waals surface area contributed by atoms with Gasteiger partial charge in [0, 0.05) is 35.1 Å². The number of halogens is 6. The third-order valence-corrected chi connectivity index (χ3v) is 8.96. The molecule has 0 saturated carbocycles. The van der Waals surface area contributed by atoms with E-state index in [2.05, 4.69) is 0 Å². The van der Waals surface area contributed by atoms with Crippen LogP contribution >= 0.6 is 0 Å². The van der Waals surface area contributed by atoms with Crippen LogP contribution in [0.1, 0.15) is 33.4 Å². The maximum atomic E-state index is 12.8. The molecular formula is C24H16F6N2O10S2. The van der Waals surface area contributed by atoms with Crippen LogP contribution in [0.25, 0.3) is 0 Å². The minimum atomic E-state index is -4.93. The quantitative estimate of drug-likeness (QED) is 0.196. The number of aromatic hydroxyl groups is 4. The summed E-state index contributed by atoms with van der Waals surface area (Å²) < 4.78 is 137. The van der Waals surface area contributed by atoms with E-state index in [-0.39, 0.29) is 31.7 Å². The second-order valence-corrected chi connectivity index (χ2v) is 12.3. The lowest BCUT2D eigenvalue weighted by atomic mass is 9.90. The molecule has 0 spiro atoms. The lowest BCUT2D eigenvalue weighted by Gasteiger charge is -2.11. The molecule has 2 heterocycles. The van der Waals surface area contributed by atoms with E-state index in [9.17, 15) is 63.6 Å². The van der Waals surface area contributed by atoms with Gasteiger partial charge in [-0.15, -0.1) is 0 Å². The summed E-state index contributed by atoms with van der Waals surface area (Å²) in [6.07, 6.45) is -10.7. The maximum absolute atomic E-state index is 12.8. The predicted octanol–water partition coefficient (Wildman–Crippen LogP) is 3.28. The smallest absolute Gasteiger partial charge is 0.416 e. The van der Waals surface area contributed by atoms with Gasteiger partial charge in [0.05, 0.1) is 11.1 Å². The van der Waals surface area contributed by atoms with Gasteiger partial charge in [0.2, 0.25) is 23.5 Å². The number of hydrogen-bond donors (Lipinski definition) is 4. The Labute approximate surface area is 242 Å². The Balaban J connectivity index is 1.43. The first-order chi connectivity index (χ1) is 20.2. The molecule has 0 fully saturated rings. The van der Waals surface area contributed by atoms with Crippen LogP contribution in [0.5, 0.6) is 23.5 Å². The summed E-state index contributed by atoms with van der Waals surface area (Å²) in [6.45, 7) is 0. The molecule has 0 amide bonds. The molecular weight excluding hydrogens is 654 g/mol. The Morgan fingerprint density at radius 2 is 0.773 bits per heavy atom. The average molecular weight is 671 g/mol. The fraction of sp³-hybridized carbons (Fsp3) is 0.167. The van der Waals surface area contributed by atoms with Crippen LogP contribution in [0.4, 0.5) is 26.3 Å². The van der Waals surface area contributed by atoms with Crippen LogP contribution < -0.4 is 8.57 Å². The molecule has 1 aliphatic rings. The van der Waals surface area contributed by atoms with Gasteiger partial charge in [-0.2, -0.15) is 43.2 Å². The van der Waals surface area contributed by atoms with Gasteiger partial charge in [0.25, 0.3) is 0 Å². The summed E-state index contributed by atoms with van der Waals surface area (Å²) in [5.41, 5.74) is -3.33. The van der Waals surface area contributed by atoms with Gasteiger partial charge in [0.1, 0.15) is 9.79 Å². The van der Waals surface area contributed by atoms with Gasteiger partial charge in [-0.1, -0.05) is 9.46 Å². The highest BCUT2D eigenvalue weighted by Gasteiger charge is 2.38. The molecule has 0 radical (unpaired) electrons. The number of alkyl halides is 6. The number of benzene rings is 2. The molecule has 2 aromatic heterocycles. The number of fused-ring (bicyclic) bond motifs is 2. The first kappa shape index (κ1) is 30.7. The Morgan fingerprint density at radius 3 is 1.00 bits per heavy atom. The second kappa shape index (κ2) is 9.91. The van der Waals surface area contributed by atoms with Crippen molar-refractivity contribution in [3.63, 3.8) is 0 Å². The van der Waals surface area contributed by atoms with E-state index in [1.165, 1.54) is 0 Å². The van der Waals surface area contributed by atoms with Crippen LogP contribution in [0.2, 0.25) is 0 Å². The van der Waals surface area contributed by atoms with Crippen molar-refractivity contribution in [3.8, 4) is 23.5 Å². The van der Waals surface area contributed by atoms with Gasteiger partial charge in [-0.25, -0.2) is 0 Å². The predicted molar refractivity (Wildman–Crippen MR) is 132 cm³/mol. The highest BCUT2D eigenvalue weighted by molar-refractivity contribution is 7.87. The molecule has 0 unspecified atom stereocenters. The van der Waals surface area contributed by atoms with E-state index in [4.69, 9.17) is 8.57 Å². The third-order valence-electron chi connectivity index (χ3n) is 6.57. The van der Waals surface area contributed by atoms with E-state index >= 15 is 0 Å². The number of rotatable bonds is 6. The fourth-order valence-corrected chi connectivity index (χ4v) is 6.16. The van der Waals surface area contributed by atoms with Crippen LogP contribution in [0.3, 0.4) is 0 Å². The van der Waals surface area contributed by atoms with Gasteiger partial charge in [-0.05, 0) is 48.5 Å². The summed E-state index contributed by atoms with van der Waals surface area (Å²) in [5, 5.41) is 42.5. The Hall–Kier alpha value is -4.72. The van der Waals surface area contributed by atoms with E-state index in [0.717, 1.165) is 0 Å². The molecule has 12 nitrogen and oxygen atoms in total. The van der Waals surface area contributed by atoms with E-state index < -0.39 is 89.9 Å². The van der Waals surface area contributed by atoms with Crippen LogP contribution in [0.15, 0.2) is 58.3 Å². The maximum Gasteiger partial charge on any atom is 0.416 e.